The van der Waals surface area contributed by atoms with E-state index in [0.717, 1.165) is 33.9 Å². The molecule has 0 spiro atoms. The minimum atomic E-state index is 0.624. The first-order valence-electron chi connectivity index (χ1n) is 8.36. The lowest BCUT2D eigenvalue weighted by Gasteiger charge is -2.14. The summed E-state index contributed by atoms with van der Waals surface area (Å²) in [6.07, 6.45) is 0. The van der Waals surface area contributed by atoms with E-state index in [0.29, 0.717) is 11.6 Å². The number of nitrogens with zero attached hydrogens (tertiary/aromatic N) is 4. The third-order valence-corrected chi connectivity index (χ3v) is 4.12. The molecule has 26 heavy (non-hydrogen) atoms. The molecule has 0 saturated heterocycles. The fourth-order valence-corrected chi connectivity index (χ4v) is 2.94. The van der Waals surface area contributed by atoms with Crippen LogP contribution in [0.5, 0.6) is 5.75 Å². The zero-order valence-corrected chi connectivity index (χ0v) is 14.9. The molecule has 0 aliphatic carbocycles. The summed E-state index contributed by atoms with van der Waals surface area (Å²) in [6, 6.07) is 17.5. The van der Waals surface area contributed by atoms with Crippen LogP contribution in [-0.4, -0.2) is 26.9 Å². The summed E-state index contributed by atoms with van der Waals surface area (Å²) < 4.78 is 7.26. The summed E-state index contributed by atoms with van der Waals surface area (Å²) in [7, 11) is 1.65. The van der Waals surface area contributed by atoms with Crippen molar-refractivity contribution in [2.75, 3.05) is 12.4 Å². The Morgan fingerprint density at radius 2 is 1.62 bits per heavy atom. The zero-order valence-electron chi connectivity index (χ0n) is 14.9. The number of methoxy groups -OCH3 is 1. The monoisotopic (exact) mass is 345 g/mol. The molecule has 6 heteroatoms. The van der Waals surface area contributed by atoms with Gasteiger partial charge in [-0.05, 0) is 44.2 Å². The molecule has 0 radical (unpaired) electrons. The highest BCUT2D eigenvalue weighted by Gasteiger charge is 2.15. The molecule has 4 aromatic rings. The Labute approximate surface area is 151 Å². The van der Waals surface area contributed by atoms with Crippen molar-refractivity contribution in [1.29, 1.82) is 0 Å². The summed E-state index contributed by atoms with van der Waals surface area (Å²) in [5, 5.41) is 7.93. The van der Waals surface area contributed by atoms with E-state index >= 15 is 0 Å². The van der Waals surface area contributed by atoms with Gasteiger partial charge < -0.3 is 10.1 Å². The standard InChI is InChI=1S/C20H19N5O/c1-13-12-14(2)25(24-13)20-19(21-15-8-4-5-9-16(15)23-20)22-17-10-6-7-11-18(17)26-3/h4-12H,1-3H3,(H,21,22). The van der Waals surface area contributed by atoms with Gasteiger partial charge in [0.2, 0.25) is 0 Å². The van der Waals surface area contributed by atoms with Crippen LogP contribution in [0.4, 0.5) is 11.5 Å². The molecule has 0 bridgehead atoms. The smallest absolute Gasteiger partial charge is 0.197 e. The van der Waals surface area contributed by atoms with Crippen LogP contribution in [0.25, 0.3) is 16.9 Å². The average molecular weight is 345 g/mol. The van der Waals surface area contributed by atoms with Crippen molar-refractivity contribution in [2.45, 2.75) is 13.8 Å². The van der Waals surface area contributed by atoms with Gasteiger partial charge in [0, 0.05) is 5.69 Å². The van der Waals surface area contributed by atoms with Gasteiger partial charge in [-0.3, -0.25) is 0 Å². The highest BCUT2D eigenvalue weighted by molar-refractivity contribution is 5.80. The number of ether oxygens (including phenoxy) is 1. The Morgan fingerprint density at radius 3 is 2.31 bits per heavy atom. The van der Waals surface area contributed by atoms with Crippen molar-refractivity contribution >= 4 is 22.5 Å². The maximum Gasteiger partial charge on any atom is 0.197 e. The predicted molar refractivity (Wildman–Crippen MR) is 102 cm³/mol. The van der Waals surface area contributed by atoms with Crippen LogP contribution in [0.1, 0.15) is 11.4 Å². The molecule has 2 aromatic carbocycles. The number of aromatic nitrogens is 4. The largest absolute Gasteiger partial charge is 0.495 e. The second-order valence-electron chi connectivity index (χ2n) is 6.05. The van der Waals surface area contributed by atoms with E-state index in [1.165, 1.54) is 0 Å². The van der Waals surface area contributed by atoms with Crippen LogP contribution in [0.15, 0.2) is 54.6 Å². The Morgan fingerprint density at radius 1 is 0.923 bits per heavy atom. The molecule has 0 aliphatic rings. The van der Waals surface area contributed by atoms with E-state index in [1.54, 1.807) is 7.11 Å². The Bertz CT molecular complexity index is 1090. The van der Waals surface area contributed by atoms with Crippen molar-refractivity contribution in [1.82, 2.24) is 19.7 Å². The number of benzene rings is 2. The average Bonchev–Trinajstić information content (AvgIpc) is 2.99. The summed E-state index contributed by atoms with van der Waals surface area (Å²) in [4.78, 5) is 9.59. The van der Waals surface area contributed by atoms with Crippen molar-refractivity contribution in [2.24, 2.45) is 0 Å². The Hall–Kier alpha value is -3.41. The number of hydrogen-bond donors (Lipinski definition) is 1. The van der Waals surface area contributed by atoms with Crippen molar-refractivity contribution in [3.63, 3.8) is 0 Å². The molecule has 0 amide bonds. The summed E-state index contributed by atoms with van der Waals surface area (Å²) >= 11 is 0. The van der Waals surface area contributed by atoms with E-state index in [4.69, 9.17) is 14.7 Å². The van der Waals surface area contributed by atoms with Gasteiger partial charge in [-0.25, -0.2) is 14.6 Å². The predicted octanol–water partition coefficient (Wildman–Crippen LogP) is 4.18. The van der Waals surface area contributed by atoms with E-state index in [-0.39, 0.29) is 0 Å². The lowest BCUT2D eigenvalue weighted by atomic mass is 10.2. The molecule has 1 N–H and O–H groups in total. The number of nitrogens with one attached hydrogen (secondary N) is 1. The first-order valence-corrected chi connectivity index (χ1v) is 8.36. The normalized spacial score (nSPS) is 10.9. The first-order chi connectivity index (χ1) is 12.7. The highest BCUT2D eigenvalue weighted by Crippen LogP contribution is 2.30. The topological polar surface area (TPSA) is 64.9 Å². The maximum atomic E-state index is 5.45. The van der Waals surface area contributed by atoms with Gasteiger partial charge in [0.1, 0.15) is 5.75 Å². The van der Waals surface area contributed by atoms with Gasteiger partial charge in [-0.1, -0.05) is 24.3 Å². The lowest BCUT2D eigenvalue weighted by molar-refractivity contribution is 0.417. The SMILES string of the molecule is COc1ccccc1Nc1nc2ccccc2nc1-n1nc(C)cc1C. The van der Waals surface area contributed by atoms with Crippen LogP contribution in [0.2, 0.25) is 0 Å². The molecule has 0 unspecified atom stereocenters. The van der Waals surface area contributed by atoms with Gasteiger partial charge in [0.15, 0.2) is 11.6 Å². The quantitative estimate of drug-likeness (QED) is 0.601. The molecule has 0 fully saturated rings. The molecular formula is C20H19N5O. The zero-order chi connectivity index (χ0) is 18.1. The van der Waals surface area contributed by atoms with Crippen LogP contribution >= 0.6 is 0 Å². The van der Waals surface area contributed by atoms with Gasteiger partial charge in [0.05, 0.1) is 29.5 Å². The molecule has 0 aliphatic heterocycles. The van der Waals surface area contributed by atoms with E-state index in [1.807, 2.05) is 73.1 Å². The number of rotatable bonds is 4. The third kappa shape index (κ3) is 2.86. The van der Waals surface area contributed by atoms with Gasteiger partial charge in [0.25, 0.3) is 0 Å². The molecule has 2 aromatic heterocycles. The third-order valence-electron chi connectivity index (χ3n) is 4.12. The van der Waals surface area contributed by atoms with Crippen molar-refractivity contribution in [3.05, 3.63) is 66.0 Å². The van der Waals surface area contributed by atoms with Crippen molar-refractivity contribution in [3.8, 4) is 11.6 Å². The lowest BCUT2D eigenvalue weighted by Crippen LogP contribution is -2.09. The highest BCUT2D eigenvalue weighted by atomic mass is 16.5. The second kappa shape index (κ2) is 6.48. The summed E-state index contributed by atoms with van der Waals surface area (Å²) in [6.45, 7) is 3.97. The second-order valence-corrected chi connectivity index (χ2v) is 6.05. The fourth-order valence-electron chi connectivity index (χ4n) is 2.94. The summed E-state index contributed by atoms with van der Waals surface area (Å²) in [5.74, 6) is 2.02. The van der Waals surface area contributed by atoms with E-state index < -0.39 is 0 Å². The molecular weight excluding hydrogens is 326 g/mol. The van der Waals surface area contributed by atoms with E-state index in [2.05, 4.69) is 10.4 Å². The molecule has 130 valence electrons. The molecule has 2 heterocycles. The van der Waals surface area contributed by atoms with Crippen LogP contribution in [0, 0.1) is 13.8 Å². The first kappa shape index (κ1) is 16.1. The number of hydrogen-bond acceptors (Lipinski definition) is 5. The van der Waals surface area contributed by atoms with E-state index in [9.17, 15) is 0 Å². The number of para-hydroxylation sites is 4. The number of aryl methyl sites for hydroxylation is 2. The van der Waals surface area contributed by atoms with Crippen LogP contribution in [-0.2, 0) is 0 Å². The van der Waals surface area contributed by atoms with Crippen LogP contribution in [0.3, 0.4) is 0 Å². The molecule has 0 atom stereocenters. The minimum absolute atomic E-state index is 0.624. The number of fused-ring (bicyclic) bond motifs is 1. The summed E-state index contributed by atoms with van der Waals surface area (Å²) in [5.41, 5.74) is 4.38. The van der Waals surface area contributed by atoms with Gasteiger partial charge >= 0.3 is 0 Å². The van der Waals surface area contributed by atoms with Crippen LogP contribution < -0.4 is 10.1 Å². The fraction of sp³-hybridized carbons (Fsp3) is 0.150. The molecule has 0 saturated carbocycles. The Balaban J connectivity index is 1.91. The van der Waals surface area contributed by atoms with Gasteiger partial charge in [-0.2, -0.15) is 5.10 Å². The molecule has 4 rings (SSSR count). The van der Waals surface area contributed by atoms with Crippen molar-refractivity contribution < 1.29 is 4.74 Å². The van der Waals surface area contributed by atoms with Gasteiger partial charge in [-0.15, -0.1) is 0 Å². The maximum absolute atomic E-state index is 5.45. The Kier molecular flexibility index (Phi) is 4.01. The number of anilines is 2. The minimum Gasteiger partial charge on any atom is -0.495 e. The molecule has 6 nitrogen and oxygen atoms in total.